The second kappa shape index (κ2) is 10.4. The van der Waals surface area contributed by atoms with Gasteiger partial charge in [-0.3, -0.25) is 28.9 Å². The number of ether oxygens (including phenoxy) is 1. The number of aromatic hydroxyl groups is 1. The van der Waals surface area contributed by atoms with Gasteiger partial charge in [0.25, 0.3) is 0 Å². The zero-order valence-electron chi connectivity index (χ0n) is 23.9. The maximum atomic E-state index is 14.1. The fourth-order valence-corrected chi connectivity index (χ4v) is 7.94. The highest BCUT2D eigenvalue weighted by Crippen LogP contribution is 2.55. The zero-order chi connectivity index (χ0) is 31.0. The molecular weight excluding hydrogens is 556 g/mol. The summed E-state index contributed by atoms with van der Waals surface area (Å²) in [4.78, 5) is 68.1. The lowest BCUT2D eigenvalue weighted by molar-refractivity contribution is -0.189. The quantitative estimate of drug-likeness (QED) is 0.368. The Balaban J connectivity index is 1.47. The Morgan fingerprint density at radius 2 is 1.79 bits per heavy atom. The zero-order valence-corrected chi connectivity index (χ0v) is 23.9. The van der Waals surface area contributed by atoms with Gasteiger partial charge in [0, 0.05) is 30.4 Å². The number of nitrogens with zero attached hydrogens (tertiary/aromatic N) is 1. The molecule has 11 heteroatoms. The number of methoxy groups -OCH3 is 1. The van der Waals surface area contributed by atoms with E-state index < -0.39 is 76.8 Å². The fraction of sp³-hybridized carbons (Fsp3) is 0.469. The number of Topliss-reactive ketones (excluding diaryl/α,β-unsaturated/α-hetero) is 4. The molecule has 43 heavy (non-hydrogen) atoms. The number of ketones is 4. The topological polar surface area (TPSA) is 185 Å². The molecular formula is C32H34N2O9. The molecule has 5 N–H and O–H groups in total. The molecule has 1 amide bonds. The lowest BCUT2D eigenvalue weighted by Crippen LogP contribution is -2.72. The fourth-order valence-electron chi connectivity index (χ4n) is 7.94. The minimum Gasteiger partial charge on any atom is -0.507 e. The molecule has 2 unspecified atom stereocenters. The van der Waals surface area contributed by atoms with Crippen LogP contribution in [0.4, 0.5) is 0 Å². The molecule has 0 bridgehead atoms. The average Bonchev–Trinajstić information content (AvgIpc) is 3.48. The Bertz CT molecular complexity index is 1580. The van der Waals surface area contributed by atoms with Gasteiger partial charge in [-0.25, -0.2) is 0 Å². The Morgan fingerprint density at radius 3 is 2.44 bits per heavy atom. The van der Waals surface area contributed by atoms with Gasteiger partial charge in [-0.1, -0.05) is 19.1 Å². The Labute approximate surface area is 247 Å². The second-order valence-corrected chi connectivity index (χ2v) is 12.2. The third-order valence-corrected chi connectivity index (χ3v) is 10.0. The van der Waals surface area contributed by atoms with Crippen LogP contribution in [0.2, 0.25) is 0 Å². The predicted octanol–water partition coefficient (Wildman–Crippen LogP) is 1.13. The summed E-state index contributed by atoms with van der Waals surface area (Å²) in [6.45, 7) is 4.32. The van der Waals surface area contributed by atoms with Crippen molar-refractivity contribution in [2.75, 3.05) is 20.2 Å². The van der Waals surface area contributed by atoms with Crippen LogP contribution in [0.25, 0.3) is 11.1 Å². The number of rotatable bonds is 5. The van der Waals surface area contributed by atoms with Crippen molar-refractivity contribution in [3.8, 4) is 22.6 Å². The molecule has 0 aromatic heterocycles. The number of amides is 1. The summed E-state index contributed by atoms with van der Waals surface area (Å²) in [5.74, 6) is -12.5. The molecule has 2 aromatic carbocycles. The number of fused-ring (bicyclic) bond motifs is 3. The van der Waals surface area contributed by atoms with Crippen molar-refractivity contribution in [3.63, 3.8) is 0 Å². The van der Waals surface area contributed by atoms with Crippen molar-refractivity contribution in [2.24, 2.45) is 29.4 Å². The maximum Gasteiger partial charge on any atom is 0.235 e. The van der Waals surface area contributed by atoms with Gasteiger partial charge in [0.05, 0.1) is 24.7 Å². The minimum absolute atomic E-state index is 0.128. The summed E-state index contributed by atoms with van der Waals surface area (Å²) in [7, 11) is 1.60. The van der Waals surface area contributed by atoms with Crippen LogP contribution in [0, 0.1) is 23.7 Å². The minimum atomic E-state index is -2.95. The van der Waals surface area contributed by atoms with E-state index >= 15 is 0 Å². The van der Waals surface area contributed by atoms with E-state index in [-0.39, 0.29) is 11.3 Å². The van der Waals surface area contributed by atoms with Gasteiger partial charge in [-0.05, 0) is 66.7 Å². The summed E-state index contributed by atoms with van der Waals surface area (Å²) in [5.41, 5.74) is 4.88. The van der Waals surface area contributed by atoms with Gasteiger partial charge < -0.3 is 25.8 Å². The molecule has 2 aromatic rings. The number of carbonyl (C=O) groups excluding carboxylic acids is 5. The molecule has 1 saturated heterocycles. The van der Waals surface area contributed by atoms with Gasteiger partial charge in [-0.2, -0.15) is 0 Å². The van der Waals surface area contributed by atoms with Crippen molar-refractivity contribution in [2.45, 2.75) is 50.4 Å². The second-order valence-electron chi connectivity index (χ2n) is 12.2. The monoisotopic (exact) mass is 590 g/mol. The first kappa shape index (κ1) is 29.2. The highest BCUT2D eigenvalue weighted by atomic mass is 16.5. The molecule has 7 atom stereocenters. The first-order valence-corrected chi connectivity index (χ1v) is 14.5. The smallest absolute Gasteiger partial charge is 0.235 e. The summed E-state index contributed by atoms with van der Waals surface area (Å²) in [6.07, 6.45) is -0.0240. The normalized spacial score (nSPS) is 32.3. The third-order valence-electron chi connectivity index (χ3n) is 10.0. The van der Waals surface area contributed by atoms with Crippen LogP contribution in [0.1, 0.15) is 53.6 Å². The molecule has 6 rings (SSSR count). The molecule has 3 aliphatic carbocycles. The van der Waals surface area contributed by atoms with Crippen molar-refractivity contribution in [3.05, 3.63) is 47.0 Å². The van der Waals surface area contributed by atoms with Gasteiger partial charge in [0.15, 0.2) is 34.7 Å². The van der Waals surface area contributed by atoms with Gasteiger partial charge in [-0.15, -0.1) is 0 Å². The number of benzene rings is 2. The number of aliphatic hydroxyl groups is 2. The van der Waals surface area contributed by atoms with E-state index in [9.17, 15) is 39.3 Å². The standard InChI is InChI=1S/C32H34N2O9/c1-14-22-17(15-5-8-21(43-2)16(11-15)13-34-9-3-4-10-34)6-7-19(35)24(22)28(38)26-23(14)27(37)18-12-20(36)25(31(33)41)29(39)32(18,42)30(26)40/h5-8,11,14,18,23,25-27,35,37,42H,3-4,9-10,12-13H2,1-2H3,(H2,33,41)/t14-,18+,23+,25?,26?,27+,32+/m0/s1. The van der Waals surface area contributed by atoms with E-state index in [1.54, 1.807) is 20.1 Å². The molecule has 3 fully saturated rings. The van der Waals surface area contributed by atoms with E-state index in [2.05, 4.69) is 4.90 Å². The van der Waals surface area contributed by atoms with Crippen LogP contribution in [-0.4, -0.2) is 81.2 Å². The summed E-state index contributed by atoms with van der Waals surface area (Å²) in [6, 6.07) is 8.69. The number of phenolic OH excluding ortho intramolecular Hbond substituents is 1. The average molecular weight is 591 g/mol. The molecule has 11 nitrogen and oxygen atoms in total. The Kier molecular flexibility index (Phi) is 7.02. The number of aliphatic hydroxyl groups excluding tert-OH is 1. The van der Waals surface area contributed by atoms with Gasteiger partial charge in [0.2, 0.25) is 5.91 Å². The van der Waals surface area contributed by atoms with Crippen LogP contribution < -0.4 is 10.5 Å². The summed E-state index contributed by atoms with van der Waals surface area (Å²) in [5, 5.41) is 34.0. The molecule has 2 saturated carbocycles. The summed E-state index contributed by atoms with van der Waals surface area (Å²) >= 11 is 0. The SMILES string of the molecule is COc1ccc(-c2ccc(O)c3c2[C@H](C)[C@@H]2C(C3=O)C(=O)[C@]3(O)C(=O)C(C(N)=O)C(=O)C[C@@H]3[C@H]2O)cc1CN1CCCC1. The first-order valence-electron chi connectivity index (χ1n) is 14.5. The molecule has 4 aliphatic rings. The maximum absolute atomic E-state index is 14.1. The van der Waals surface area contributed by atoms with E-state index in [1.807, 2.05) is 18.2 Å². The highest BCUT2D eigenvalue weighted by molar-refractivity contribution is 6.31. The van der Waals surface area contributed by atoms with Crippen LogP contribution in [0.3, 0.4) is 0 Å². The van der Waals surface area contributed by atoms with Crippen LogP contribution >= 0.6 is 0 Å². The van der Waals surface area contributed by atoms with E-state index in [0.717, 1.165) is 37.1 Å². The number of carbonyl (C=O) groups is 5. The van der Waals surface area contributed by atoms with Crippen LogP contribution in [0.15, 0.2) is 30.3 Å². The van der Waals surface area contributed by atoms with Crippen LogP contribution in [0.5, 0.6) is 11.5 Å². The summed E-state index contributed by atoms with van der Waals surface area (Å²) < 4.78 is 5.61. The van der Waals surface area contributed by atoms with Crippen molar-refractivity contribution >= 4 is 29.0 Å². The molecule has 1 heterocycles. The molecule has 0 spiro atoms. The molecule has 0 radical (unpaired) electrons. The van der Waals surface area contributed by atoms with E-state index in [0.29, 0.717) is 23.4 Å². The predicted molar refractivity (Wildman–Crippen MR) is 151 cm³/mol. The largest absolute Gasteiger partial charge is 0.507 e. The van der Waals surface area contributed by atoms with Crippen molar-refractivity contribution in [1.82, 2.24) is 4.90 Å². The number of nitrogens with two attached hydrogens (primary N) is 1. The van der Waals surface area contributed by atoms with Gasteiger partial charge in [0.1, 0.15) is 11.5 Å². The Morgan fingerprint density at radius 1 is 1.09 bits per heavy atom. The van der Waals surface area contributed by atoms with E-state index in [1.165, 1.54) is 6.07 Å². The third kappa shape index (κ3) is 4.16. The molecule has 1 aliphatic heterocycles. The number of likely N-dealkylation sites (tertiary alicyclic amines) is 1. The van der Waals surface area contributed by atoms with Crippen LogP contribution in [-0.2, 0) is 25.7 Å². The number of phenols is 1. The highest BCUT2D eigenvalue weighted by Gasteiger charge is 2.70. The van der Waals surface area contributed by atoms with Gasteiger partial charge >= 0.3 is 0 Å². The lowest BCUT2D eigenvalue weighted by atomic mass is 9.50. The number of primary amides is 1. The molecule has 226 valence electrons. The Hall–Kier alpha value is -3.93. The lowest BCUT2D eigenvalue weighted by Gasteiger charge is -2.53. The van der Waals surface area contributed by atoms with Crippen molar-refractivity contribution in [1.29, 1.82) is 0 Å². The first-order chi connectivity index (χ1) is 20.4. The van der Waals surface area contributed by atoms with E-state index in [4.69, 9.17) is 10.5 Å². The number of hydrogen-bond acceptors (Lipinski definition) is 10. The van der Waals surface area contributed by atoms with Crippen molar-refractivity contribution < 1.29 is 44.0 Å². The number of hydrogen-bond donors (Lipinski definition) is 4.